The lowest BCUT2D eigenvalue weighted by molar-refractivity contribution is -0.146. The number of aliphatic hydroxyl groups is 1. The van der Waals surface area contributed by atoms with Crippen molar-refractivity contribution in [2.45, 2.75) is 63.6 Å². The van der Waals surface area contributed by atoms with Crippen LogP contribution in [0.1, 0.15) is 66.9 Å². The molecule has 2 aromatic rings. The number of hydrogen-bond donors (Lipinski definition) is 3. The molecule has 0 saturated heterocycles. The van der Waals surface area contributed by atoms with Gasteiger partial charge in [0.1, 0.15) is 5.54 Å². The number of carboxylic acids is 1. The Kier molecular flexibility index (Phi) is 8.02. The van der Waals surface area contributed by atoms with Gasteiger partial charge in [0.2, 0.25) is 0 Å². The molecule has 0 bridgehead atoms. The van der Waals surface area contributed by atoms with E-state index >= 15 is 0 Å². The fourth-order valence-electron chi connectivity index (χ4n) is 4.60. The van der Waals surface area contributed by atoms with Gasteiger partial charge in [-0.1, -0.05) is 31.5 Å². The van der Waals surface area contributed by atoms with Crippen LogP contribution in [-0.2, 0) is 17.4 Å². The van der Waals surface area contributed by atoms with Gasteiger partial charge in [-0.15, -0.1) is 0 Å². The van der Waals surface area contributed by atoms with Gasteiger partial charge in [-0.05, 0) is 85.4 Å². The molecule has 0 heterocycles. The third kappa shape index (κ3) is 5.78. The SMILES string of the molecule is CCC1CCC(NC(=O)c2ccc(CCCO)c(-c3cccc(C(F)(F)F)c3)c2)(C(=O)O)CC1. The van der Waals surface area contributed by atoms with Crippen molar-refractivity contribution in [3.63, 3.8) is 0 Å². The molecular weight excluding hydrogens is 447 g/mol. The molecule has 34 heavy (non-hydrogen) atoms. The molecule has 0 radical (unpaired) electrons. The molecule has 3 rings (SSSR count). The highest BCUT2D eigenvalue weighted by molar-refractivity contribution is 5.99. The molecule has 0 atom stereocenters. The van der Waals surface area contributed by atoms with Crippen molar-refractivity contribution < 1.29 is 33.0 Å². The monoisotopic (exact) mass is 477 g/mol. The summed E-state index contributed by atoms with van der Waals surface area (Å²) in [6, 6.07) is 9.57. The van der Waals surface area contributed by atoms with Crippen molar-refractivity contribution in [2.24, 2.45) is 5.92 Å². The van der Waals surface area contributed by atoms with E-state index in [9.17, 15) is 33.0 Å². The standard InChI is InChI=1S/C26H30F3NO4/c1-2-17-10-12-25(13-11-17,24(33)34)30-23(32)20-9-8-18(6-4-14-31)22(16-20)19-5-3-7-21(15-19)26(27,28)29/h3,5,7-9,15-17,31H,2,4,6,10-14H2,1H3,(H,30,32)(H,33,34). The quantitative estimate of drug-likeness (QED) is 0.472. The van der Waals surface area contributed by atoms with E-state index in [4.69, 9.17) is 0 Å². The Bertz CT molecular complexity index is 1030. The smallest absolute Gasteiger partial charge is 0.416 e. The van der Waals surface area contributed by atoms with Crippen LogP contribution < -0.4 is 5.32 Å². The van der Waals surface area contributed by atoms with Gasteiger partial charge in [-0.2, -0.15) is 13.2 Å². The van der Waals surface area contributed by atoms with Crippen LogP contribution in [0.3, 0.4) is 0 Å². The van der Waals surface area contributed by atoms with E-state index in [0.717, 1.165) is 18.6 Å². The second-order valence-corrected chi connectivity index (χ2v) is 8.97. The van der Waals surface area contributed by atoms with E-state index in [1.807, 2.05) is 0 Å². The maximum Gasteiger partial charge on any atom is 0.416 e. The molecule has 3 N–H and O–H groups in total. The number of halogens is 3. The minimum Gasteiger partial charge on any atom is -0.480 e. The summed E-state index contributed by atoms with van der Waals surface area (Å²) >= 11 is 0. The van der Waals surface area contributed by atoms with Crippen molar-refractivity contribution in [1.29, 1.82) is 0 Å². The highest BCUT2D eigenvalue weighted by atomic mass is 19.4. The maximum atomic E-state index is 13.3. The summed E-state index contributed by atoms with van der Waals surface area (Å²) in [6.45, 7) is 1.98. The first kappa shape index (κ1) is 25.7. The molecule has 2 aromatic carbocycles. The molecule has 1 saturated carbocycles. The number of amides is 1. The summed E-state index contributed by atoms with van der Waals surface area (Å²) < 4.78 is 39.8. The number of rotatable bonds is 8. The molecular formula is C26H30F3NO4. The molecule has 1 aliphatic carbocycles. The number of hydrogen-bond acceptors (Lipinski definition) is 3. The Morgan fingerprint density at radius 2 is 1.82 bits per heavy atom. The molecule has 0 aromatic heterocycles. The van der Waals surface area contributed by atoms with Crippen molar-refractivity contribution in [2.75, 3.05) is 6.61 Å². The van der Waals surface area contributed by atoms with Crippen molar-refractivity contribution >= 4 is 11.9 Å². The number of aryl methyl sites for hydroxylation is 1. The van der Waals surface area contributed by atoms with Gasteiger partial charge in [0, 0.05) is 12.2 Å². The molecule has 0 unspecified atom stereocenters. The van der Waals surface area contributed by atoms with Crippen LogP contribution in [0.2, 0.25) is 0 Å². The van der Waals surface area contributed by atoms with Crippen molar-refractivity contribution in [3.8, 4) is 11.1 Å². The molecule has 1 amide bonds. The van der Waals surface area contributed by atoms with E-state index in [1.165, 1.54) is 12.1 Å². The van der Waals surface area contributed by atoms with Crippen LogP contribution in [0.5, 0.6) is 0 Å². The average Bonchev–Trinajstić information content (AvgIpc) is 2.82. The molecule has 8 heteroatoms. The number of carbonyl (C=O) groups is 2. The van der Waals surface area contributed by atoms with Gasteiger partial charge in [-0.25, -0.2) is 4.79 Å². The zero-order valence-electron chi connectivity index (χ0n) is 19.1. The molecule has 0 aliphatic heterocycles. The lowest BCUT2D eigenvalue weighted by atomic mass is 9.75. The van der Waals surface area contributed by atoms with Crippen LogP contribution in [0.25, 0.3) is 11.1 Å². The molecule has 184 valence electrons. The first-order chi connectivity index (χ1) is 16.1. The normalized spacial score (nSPS) is 20.7. The zero-order valence-corrected chi connectivity index (χ0v) is 19.1. The zero-order chi connectivity index (χ0) is 24.9. The molecule has 5 nitrogen and oxygen atoms in total. The predicted octanol–water partition coefficient (Wildman–Crippen LogP) is 5.45. The maximum absolute atomic E-state index is 13.3. The Balaban J connectivity index is 1.95. The van der Waals surface area contributed by atoms with E-state index in [1.54, 1.807) is 18.2 Å². The first-order valence-corrected chi connectivity index (χ1v) is 11.6. The Labute approximate surface area is 197 Å². The summed E-state index contributed by atoms with van der Waals surface area (Å²) in [4.78, 5) is 25.2. The third-order valence-electron chi connectivity index (χ3n) is 6.78. The van der Waals surface area contributed by atoms with Crippen LogP contribution >= 0.6 is 0 Å². The van der Waals surface area contributed by atoms with E-state index in [2.05, 4.69) is 12.2 Å². The minimum atomic E-state index is -4.51. The second kappa shape index (κ2) is 10.6. The number of alkyl halides is 3. The van der Waals surface area contributed by atoms with Gasteiger partial charge < -0.3 is 15.5 Å². The molecule has 1 fully saturated rings. The van der Waals surface area contributed by atoms with E-state index in [-0.39, 0.29) is 12.2 Å². The van der Waals surface area contributed by atoms with Crippen LogP contribution in [0, 0.1) is 5.92 Å². The van der Waals surface area contributed by atoms with E-state index < -0.39 is 29.2 Å². The Morgan fingerprint density at radius 3 is 2.41 bits per heavy atom. The summed E-state index contributed by atoms with van der Waals surface area (Å²) in [5, 5.41) is 21.8. The second-order valence-electron chi connectivity index (χ2n) is 8.97. The number of nitrogens with one attached hydrogen (secondary N) is 1. The third-order valence-corrected chi connectivity index (χ3v) is 6.78. The summed E-state index contributed by atoms with van der Waals surface area (Å²) in [5.41, 5.74) is -0.528. The van der Waals surface area contributed by atoms with Gasteiger partial charge in [0.15, 0.2) is 0 Å². The Hall–Kier alpha value is -2.87. The number of aliphatic hydroxyl groups excluding tert-OH is 1. The highest BCUT2D eigenvalue weighted by Crippen LogP contribution is 2.36. The number of carboxylic acid groups (broad SMARTS) is 1. The number of aliphatic carboxylic acids is 1. The van der Waals surface area contributed by atoms with Gasteiger partial charge in [0.05, 0.1) is 5.56 Å². The van der Waals surface area contributed by atoms with E-state index in [0.29, 0.717) is 61.1 Å². The van der Waals surface area contributed by atoms with Gasteiger partial charge >= 0.3 is 12.1 Å². The first-order valence-electron chi connectivity index (χ1n) is 11.6. The van der Waals surface area contributed by atoms with Crippen LogP contribution in [0.4, 0.5) is 13.2 Å². The fourth-order valence-corrected chi connectivity index (χ4v) is 4.60. The lowest BCUT2D eigenvalue weighted by Crippen LogP contribution is -2.56. The topological polar surface area (TPSA) is 86.6 Å². The number of carbonyl (C=O) groups excluding carboxylic acids is 1. The van der Waals surface area contributed by atoms with Crippen LogP contribution in [0.15, 0.2) is 42.5 Å². The largest absolute Gasteiger partial charge is 0.480 e. The minimum absolute atomic E-state index is 0.0792. The lowest BCUT2D eigenvalue weighted by Gasteiger charge is -2.37. The Morgan fingerprint density at radius 1 is 1.12 bits per heavy atom. The fraction of sp³-hybridized carbons (Fsp3) is 0.462. The molecule has 1 aliphatic rings. The van der Waals surface area contributed by atoms with Gasteiger partial charge in [0.25, 0.3) is 5.91 Å². The van der Waals surface area contributed by atoms with Gasteiger partial charge in [-0.3, -0.25) is 4.79 Å². The van der Waals surface area contributed by atoms with Crippen molar-refractivity contribution in [3.05, 3.63) is 59.2 Å². The highest BCUT2D eigenvalue weighted by Gasteiger charge is 2.43. The van der Waals surface area contributed by atoms with Crippen LogP contribution in [-0.4, -0.2) is 34.2 Å². The summed E-state index contributed by atoms with van der Waals surface area (Å²) in [7, 11) is 0. The van der Waals surface area contributed by atoms with Crippen molar-refractivity contribution in [1.82, 2.24) is 5.32 Å². The average molecular weight is 478 g/mol. The number of benzene rings is 2. The summed E-state index contributed by atoms with van der Waals surface area (Å²) in [5.74, 6) is -1.21. The summed E-state index contributed by atoms with van der Waals surface area (Å²) in [6.07, 6.45) is -0.638. The molecule has 0 spiro atoms. The predicted molar refractivity (Wildman–Crippen MR) is 122 cm³/mol.